The molecule has 0 atom stereocenters. The molecule has 0 bridgehead atoms. The van der Waals surface area contributed by atoms with E-state index in [2.05, 4.69) is 44.0 Å². The van der Waals surface area contributed by atoms with Crippen LogP contribution in [0.1, 0.15) is 79.8 Å². The number of nitrogens with zero attached hydrogens (tertiary/aromatic N) is 1. The van der Waals surface area contributed by atoms with Crippen LogP contribution in [0.5, 0.6) is 0 Å². The molecule has 6 aliphatic rings. The van der Waals surface area contributed by atoms with Gasteiger partial charge in [-0.1, -0.05) is 59.7 Å². The van der Waals surface area contributed by atoms with Crippen molar-refractivity contribution < 1.29 is 70.3 Å². The molecule has 0 unspecified atom stereocenters. The highest BCUT2D eigenvalue weighted by atomic mass is 79.9. The van der Waals surface area contributed by atoms with Crippen molar-refractivity contribution in [2.45, 2.75) is 43.2 Å². The van der Waals surface area contributed by atoms with Crippen molar-refractivity contribution >= 4 is 94.7 Å². The van der Waals surface area contributed by atoms with Crippen LogP contribution in [0.3, 0.4) is 0 Å². The third kappa shape index (κ3) is 8.94. The minimum absolute atomic E-state index is 0.114. The maximum absolute atomic E-state index is 13.5. The number of hydrogen-bond acceptors (Lipinski definition) is 16. The smallest absolute Gasteiger partial charge is 0.339 e. The van der Waals surface area contributed by atoms with Crippen molar-refractivity contribution in [3.05, 3.63) is 170 Å². The number of hydroxylamine groups is 2. The van der Waals surface area contributed by atoms with Crippen LogP contribution in [-0.4, -0.2) is 89.5 Å². The predicted octanol–water partition coefficient (Wildman–Crippen LogP) is 12.7. The molecule has 4 aliphatic heterocycles. The fourth-order valence-electron chi connectivity index (χ4n) is 9.88. The highest BCUT2D eigenvalue weighted by Crippen LogP contribution is 2.65. The molecule has 1 amide bonds. The molecule has 8 heterocycles. The van der Waals surface area contributed by atoms with Gasteiger partial charge in [0.2, 0.25) is 11.6 Å². The van der Waals surface area contributed by atoms with Crippen LogP contribution >= 0.6 is 77.2 Å². The molecule has 0 spiro atoms. The zero-order chi connectivity index (χ0) is 53.4. The first-order valence-electron chi connectivity index (χ1n) is 23.7. The Morgan fingerprint density at radius 3 is 1.13 bits per heavy atom. The van der Waals surface area contributed by atoms with Crippen LogP contribution in [0.15, 0.2) is 105 Å². The van der Waals surface area contributed by atoms with Crippen LogP contribution in [-0.2, 0) is 72.1 Å². The van der Waals surface area contributed by atoms with E-state index in [-0.39, 0.29) is 48.6 Å². The number of carbonyl (C=O) groups excluding carboxylic acids is 3. The number of ketones is 2. The summed E-state index contributed by atoms with van der Waals surface area (Å²) in [6.45, 7) is 6.72. The van der Waals surface area contributed by atoms with Crippen LogP contribution in [0.2, 0.25) is 0 Å². The fraction of sp³-hybridized carbons (Fsp3) is 0.315. The summed E-state index contributed by atoms with van der Waals surface area (Å²) in [7, 11) is 3.05. The number of aryl methyl sites for hydroxylation is 2. The SMILES string of the molecule is Brc1cc2c(s1)-c1sc(Br)cc1C13OCCOC21OCCO3.CON(C)C(=O)c1ccc(C)cc1.Cc1ccc(C(=O)c2cc3c(s2)-c2sc(C(=O)c4ccc(C(F)(F)F)cc4)cc2C24OCCOC32OCCO4)cc1. The van der Waals surface area contributed by atoms with Crippen molar-refractivity contribution in [1.82, 2.24) is 5.06 Å². The Bertz CT molecular complexity index is 3280. The van der Waals surface area contributed by atoms with Gasteiger partial charge < -0.3 is 37.9 Å². The van der Waals surface area contributed by atoms with Crippen molar-refractivity contribution in [3.8, 4) is 19.5 Å². The number of benzene rings is 3. The lowest BCUT2D eigenvalue weighted by atomic mass is 9.83. The van der Waals surface area contributed by atoms with Gasteiger partial charge in [-0.2, -0.15) is 13.2 Å². The minimum Gasteiger partial charge on any atom is -0.339 e. The molecule has 396 valence electrons. The van der Waals surface area contributed by atoms with E-state index in [4.69, 9.17) is 42.7 Å². The maximum Gasteiger partial charge on any atom is 0.416 e. The van der Waals surface area contributed by atoms with E-state index in [1.54, 1.807) is 66.1 Å². The van der Waals surface area contributed by atoms with Crippen LogP contribution < -0.4 is 0 Å². The van der Waals surface area contributed by atoms with Gasteiger partial charge in [0.1, 0.15) is 0 Å². The van der Waals surface area contributed by atoms with E-state index in [1.165, 1.54) is 47.0 Å². The summed E-state index contributed by atoms with van der Waals surface area (Å²) in [6.07, 6.45) is -4.51. The van der Waals surface area contributed by atoms with Gasteiger partial charge in [-0.3, -0.25) is 19.2 Å². The number of rotatable bonds is 6. The second-order valence-electron chi connectivity index (χ2n) is 18.0. The molecule has 13 rings (SSSR count). The lowest BCUT2D eigenvalue weighted by molar-refractivity contribution is -0.483. The summed E-state index contributed by atoms with van der Waals surface area (Å²) in [4.78, 5) is 47.7. The molecular weight excluding hydrogens is 1200 g/mol. The van der Waals surface area contributed by atoms with E-state index in [0.717, 1.165) is 51.7 Å². The molecule has 76 heavy (non-hydrogen) atoms. The van der Waals surface area contributed by atoms with E-state index in [0.29, 0.717) is 63.3 Å². The van der Waals surface area contributed by atoms with Crippen molar-refractivity contribution in [2.75, 3.05) is 67.0 Å². The van der Waals surface area contributed by atoms with Gasteiger partial charge in [0.15, 0.2) is 0 Å². The normalized spacial score (nSPS) is 23.7. The molecule has 4 aromatic heterocycles. The lowest BCUT2D eigenvalue weighted by Gasteiger charge is -2.55. The van der Waals surface area contributed by atoms with Gasteiger partial charge in [-0.25, -0.2) is 5.06 Å². The van der Waals surface area contributed by atoms with Gasteiger partial charge in [-0.15, -0.1) is 45.3 Å². The summed E-state index contributed by atoms with van der Waals surface area (Å²) in [6, 6.07) is 26.3. The Morgan fingerprint density at radius 2 is 0.803 bits per heavy atom. The summed E-state index contributed by atoms with van der Waals surface area (Å²) in [5, 5.41) is 1.20. The average Bonchev–Trinajstić information content (AvgIpc) is 4.42. The topological polar surface area (TPSA) is 138 Å². The van der Waals surface area contributed by atoms with E-state index in [1.807, 2.05) is 38.1 Å². The molecule has 4 fully saturated rings. The minimum atomic E-state index is -4.51. The molecule has 22 heteroatoms. The highest BCUT2D eigenvalue weighted by Gasteiger charge is 2.69. The second kappa shape index (κ2) is 20.7. The Hall–Kier alpha value is -4.34. The number of thiophene rings is 4. The molecule has 0 saturated carbocycles. The standard InChI is InChI=1S/C30H21F3O6S2.C14H10Br2O4S2.C10H13NO2/c1-16-2-4-17(5-3-16)24(34)22-14-20-26(40-22)27-21(29-28(20,36-10-12-38-29)37-11-13-39-29)15-23(41-27)25(35)18-6-8-19(9-7-18)30(31,32)33;15-9-5-7-11(21-9)12-8(6-10(16)22-12)14-13(7,17-1-2-18-14)19-3-4-20-14;1-8-4-6-9(7-5-8)10(12)11(2)13-3/h2-9,14-15H,10-13H2,1H3;5-6H,1-4H2;4-7H,1-3H3. The lowest BCUT2D eigenvalue weighted by Crippen LogP contribution is -2.63. The summed E-state index contributed by atoms with van der Waals surface area (Å²) < 4.78 is 91.2. The number of hydrogen-bond donors (Lipinski definition) is 0. The molecule has 4 saturated heterocycles. The van der Waals surface area contributed by atoms with Gasteiger partial charge in [0.05, 0.1) is 102 Å². The van der Waals surface area contributed by atoms with Gasteiger partial charge >= 0.3 is 6.18 Å². The van der Waals surface area contributed by atoms with Gasteiger partial charge in [0.25, 0.3) is 29.1 Å². The first-order chi connectivity index (χ1) is 36.4. The number of halogens is 5. The summed E-state index contributed by atoms with van der Waals surface area (Å²) >= 11 is 13.0. The molecule has 7 aromatic rings. The molecule has 2 aliphatic carbocycles. The zero-order valence-electron chi connectivity index (χ0n) is 40.8. The quantitative estimate of drug-likeness (QED) is 0.116. The number of fused-ring (bicyclic) bond motifs is 6. The van der Waals surface area contributed by atoms with Crippen LogP contribution in [0.25, 0.3) is 19.5 Å². The molecule has 13 nitrogen and oxygen atoms in total. The maximum atomic E-state index is 13.5. The third-order valence-electron chi connectivity index (χ3n) is 13.4. The monoisotopic (exact) mass is 1240 g/mol. The van der Waals surface area contributed by atoms with Crippen molar-refractivity contribution in [2.24, 2.45) is 0 Å². The molecule has 3 aromatic carbocycles. The van der Waals surface area contributed by atoms with E-state index >= 15 is 0 Å². The Labute approximate surface area is 466 Å². The van der Waals surface area contributed by atoms with Crippen molar-refractivity contribution in [1.29, 1.82) is 0 Å². The Balaban J connectivity index is 0.000000146. The Kier molecular flexibility index (Phi) is 14.6. The largest absolute Gasteiger partial charge is 0.416 e. The number of ether oxygens (including phenoxy) is 8. The van der Waals surface area contributed by atoms with Gasteiger partial charge in [-0.05, 0) is 94.2 Å². The number of amides is 1. The highest BCUT2D eigenvalue weighted by molar-refractivity contribution is 9.11. The predicted molar refractivity (Wildman–Crippen MR) is 285 cm³/mol. The number of alkyl halides is 3. The third-order valence-corrected chi connectivity index (χ3v) is 19.3. The zero-order valence-corrected chi connectivity index (χ0v) is 47.2. The van der Waals surface area contributed by atoms with Gasteiger partial charge in [0, 0.05) is 46.0 Å². The van der Waals surface area contributed by atoms with E-state index in [9.17, 15) is 27.6 Å². The summed E-state index contributed by atoms with van der Waals surface area (Å²) in [5.41, 5.74) is 5.71. The second-order valence-corrected chi connectivity index (χ2v) is 25.0. The van der Waals surface area contributed by atoms with Crippen LogP contribution in [0, 0.1) is 13.8 Å². The van der Waals surface area contributed by atoms with Crippen LogP contribution in [0.4, 0.5) is 13.2 Å². The first-order valence-corrected chi connectivity index (χ1v) is 28.5. The molecular formula is C54H44Br2F3NO12S4. The average molecular weight is 1240 g/mol. The van der Waals surface area contributed by atoms with E-state index < -0.39 is 40.7 Å². The van der Waals surface area contributed by atoms with Crippen molar-refractivity contribution in [3.63, 3.8) is 0 Å². The Morgan fingerprint density at radius 1 is 0.500 bits per heavy atom. The first kappa shape index (κ1) is 53.7. The number of carbonyl (C=O) groups is 3. The molecule has 0 radical (unpaired) electrons. The fourth-order valence-corrected chi connectivity index (χ4v) is 15.8. The molecule has 0 N–H and O–H groups in total. The summed E-state index contributed by atoms with van der Waals surface area (Å²) in [5.74, 6) is -5.80.